The van der Waals surface area contributed by atoms with Crippen LogP contribution in [0.5, 0.6) is 0 Å². The first kappa shape index (κ1) is 14.1. The highest BCUT2D eigenvalue weighted by atomic mass is 19.1. The van der Waals surface area contributed by atoms with Crippen LogP contribution in [0.1, 0.15) is 12.0 Å². The highest BCUT2D eigenvalue weighted by Gasteiger charge is 2.42. The molecule has 1 amide bonds. The number of fused-ring (bicyclic) bond motifs is 1. The summed E-state index contributed by atoms with van der Waals surface area (Å²) >= 11 is 0. The normalized spacial score (nSPS) is 20.6. The van der Waals surface area contributed by atoms with E-state index in [4.69, 9.17) is 0 Å². The van der Waals surface area contributed by atoms with Crippen molar-refractivity contribution in [1.82, 2.24) is 4.90 Å². The van der Waals surface area contributed by atoms with Crippen LogP contribution in [-0.4, -0.2) is 28.6 Å². The number of amides is 1. The maximum absolute atomic E-state index is 14.0. The first-order chi connectivity index (χ1) is 10.4. The van der Waals surface area contributed by atoms with Crippen LogP contribution in [0.15, 0.2) is 36.0 Å². The number of likely N-dealkylation sites (tertiary alicyclic amines) is 1. The quantitative estimate of drug-likeness (QED) is 0.476. The van der Waals surface area contributed by atoms with Crippen LogP contribution in [0.25, 0.3) is 5.57 Å². The molecule has 0 saturated carbocycles. The minimum Gasteiger partial charge on any atom is -0.312 e. The van der Waals surface area contributed by atoms with E-state index in [0.717, 1.165) is 18.2 Å². The SMILES string of the molecule is CN1C(=O)C(=O)C2CC=C(c3cc([N+](=O)[O-])ccc3F)C=C21. The number of ketones is 1. The molecule has 0 N–H and O–H groups in total. The Hall–Kier alpha value is -2.83. The summed E-state index contributed by atoms with van der Waals surface area (Å²) in [5.74, 6) is -2.21. The molecule has 0 bridgehead atoms. The molecule has 0 spiro atoms. The molecule has 112 valence electrons. The van der Waals surface area contributed by atoms with Gasteiger partial charge in [0.25, 0.3) is 11.6 Å². The van der Waals surface area contributed by atoms with Crippen molar-refractivity contribution in [2.45, 2.75) is 6.42 Å². The van der Waals surface area contributed by atoms with Gasteiger partial charge in [-0.3, -0.25) is 19.7 Å². The highest BCUT2D eigenvalue weighted by Crippen LogP contribution is 2.37. The van der Waals surface area contributed by atoms with Gasteiger partial charge in [0.1, 0.15) is 5.82 Å². The van der Waals surface area contributed by atoms with E-state index in [0.29, 0.717) is 11.3 Å². The first-order valence-electron chi connectivity index (χ1n) is 6.58. The van der Waals surface area contributed by atoms with Gasteiger partial charge in [0.2, 0.25) is 5.78 Å². The van der Waals surface area contributed by atoms with Crippen LogP contribution in [0, 0.1) is 21.8 Å². The third kappa shape index (κ3) is 2.02. The van der Waals surface area contributed by atoms with Gasteiger partial charge < -0.3 is 4.90 Å². The lowest BCUT2D eigenvalue weighted by molar-refractivity contribution is -0.384. The molecule has 22 heavy (non-hydrogen) atoms. The minimum atomic E-state index is -0.600. The molecule has 0 aromatic heterocycles. The Morgan fingerprint density at radius 1 is 1.36 bits per heavy atom. The lowest BCUT2D eigenvalue weighted by Crippen LogP contribution is -2.21. The molecule has 1 fully saturated rings. The second kappa shape index (κ2) is 4.87. The Bertz CT molecular complexity index is 782. The van der Waals surface area contributed by atoms with E-state index < -0.39 is 28.3 Å². The summed E-state index contributed by atoms with van der Waals surface area (Å²) < 4.78 is 14.0. The summed E-state index contributed by atoms with van der Waals surface area (Å²) in [6.45, 7) is 0. The van der Waals surface area contributed by atoms with Crippen LogP contribution in [0.2, 0.25) is 0 Å². The van der Waals surface area contributed by atoms with Gasteiger partial charge in [-0.25, -0.2) is 4.39 Å². The Balaban J connectivity index is 2.05. The number of hydrogen-bond donors (Lipinski definition) is 0. The van der Waals surface area contributed by atoms with Gasteiger partial charge in [0.05, 0.1) is 10.8 Å². The van der Waals surface area contributed by atoms with Crippen LogP contribution in [0.3, 0.4) is 0 Å². The standard InChI is InChI=1S/C15H11FN2O4/c1-17-13-6-8(2-4-10(13)14(19)15(17)20)11-7-9(18(21)22)3-5-12(11)16/h2-3,5-7,10H,4H2,1H3. The largest absolute Gasteiger partial charge is 0.312 e. The molecule has 6 nitrogen and oxygen atoms in total. The molecule has 1 aliphatic carbocycles. The smallest absolute Gasteiger partial charge is 0.294 e. The van der Waals surface area contributed by atoms with Gasteiger partial charge in [-0.2, -0.15) is 0 Å². The van der Waals surface area contributed by atoms with Crippen molar-refractivity contribution in [1.29, 1.82) is 0 Å². The predicted octanol–water partition coefficient (Wildman–Crippen LogP) is 2.06. The molecule has 3 rings (SSSR count). The number of rotatable bonds is 2. The molecule has 1 aliphatic heterocycles. The number of nitro groups is 1. The molecule has 1 heterocycles. The number of likely N-dealkylation sites (N-methyl/N-ethyl adjacent to an activating group) is 1. The zero-order valence-electron chi connectivity index (χ0n) is 11.6. The third-order valence-corrected chi connectivity index (χ3v) is 3.92. The maximum Gasteiger partial charge on any atom is 0.294 e. The molecule has 1 aromatic carbocycles. The Morgan fingerprint density at radius 3 is 2.77 bits per heavy atom. The number of non-ortho nitro benzene ring substituents is 1. The lowest BCUT2D eigenvalue weighted by atomic mass is 9.89. The number of Topliss-reactive ketones (excluding diaryl/α,β-unsaturated/α-hetero) is 1. The molecule has 7 heteroatoms. The lowest BCUT2D eigenvalue weighted by Gasteiger charge is -2.19. The van der Waals surface area contributed by atoms with E-state index >= 15 is 0 Å². The van der Waals surface area contributed by atoms with Crippen molar-refractivity contribution in [2.24, 2.45) is 5.92 Å². The Kier molecular flexibility index (Phi) is 3.13. The fraction of sp³-hybridized carbons (Fsp3) is 0.200. The van der Waals surface area contributed by atoms with Crippen LogP contribution >= 0.6 is 0 Å². The van der Waals surface area contributed by atoms with Crippen molar-refractivity contribution in [2.75, 3.05) is 7.05 Å². The third-order valence-electron chi connectivity index (χ3n) is 3.92. The highest BCUT2D eigenvalue weighted by molar-refractivity contribution is 6.40. The topological polar surface area (TPSA) is 80.5 Å². The molecule has 1 atom stereocenters. The van der Waals surface area contributed by atoms with E-state index in [9.17, 15) is 24.1 Å². The summed E-state index contributed by atoms with van der Waals surface area (Å²) in [5, 5.41) is 10.8. The number of allylic oxidation sites excluding steroid dienone is 4. The van der Waals surface area contributed by atoms with E-state index in [1.54, 1.807) is 12.2 Å². The van der Waals surface area contributed by atoms with Crippen molar-refractivity contribution in [3.05, 3.63) is 57.5 Å². The summed E-state index contributed by atoms with van der Waals surface area (Å²) in [4.78, 5) is 34.9. The van der Waals surface area contributed by atoms with Gasteiger partial charge in [0.15, 0.2) is 0 Å². The number of benzene rings is 1. The number of hydrogen-bond acceptors (Lipinski definition) is 4. The number of nitrogens with zero attached hydrogens (tertiary/aromatic N) is 2. The predicted molar refractivity (Wildman–Crippen MR) is 75.0 cm³/mol. The van der Waals surface area contributed by atoms with Crippen molar-refractivity contribution < 1.29 is 18.9 Å². The monoisotopic (exact) mass is 302 g/mol. The average Bonchev–Trinajstić information content (AvgIpc) is 2.72. The summed E-state index contributed by atoms with van der Waals surface area (Å²) in [5.41, 5.74) is 0.797. The summed E-state index contributed by atoms with van der Waals surface area (Å²) in [6.07, 6.45) is 3.44. The zero-order chi connectivity index (χ0) is 16.0. The first-order valence-corrected chi connectivity index (χ1v) is 6.58. The number of carbonyl (C=O) groups excluding carboxylic acids is 2. The second-order valence-electron chi connectivity index (χ2n) is 5.17. The van der Waals surface area contributed by atoms with Crippen molar-refractivity contribution in [3.63, 3.8) is 0 Å². The molecule has 2 aliphatic rings. The van der Waals surface area contributed by atoms with Gasteiger partial charge in [-0.15, -0.1) is 0 Å². The van der Waals surface area contributed by atoms with Gasteiger partial charge in [-0.1, -0.05) is 6.08 Å². The van der Waals surface area contributed by atoms with Crippen LogP contribution in [-0.2, 0) is 9.59 Å². The van der Waals surface area contributed by atoms with E-state index in [1.807, 2.05) is 0 Å². The van der Waals surface area contributed by atoms with Gasteiger partial charge >= 0.3 is 0 Å². The van der Waals surface area contributed by atoms with Crippen LogP contribution < -0.4 is 0 Å². The second-order valence-corrected chi connectivity index (χ2v) is 5.17. The fourth-order valence-electron chi connectivity index (χ4n) is 2.72. The summed E-state index contributed by atoms with van der Waals surface area (Å²) in [6, 6.07) is 3.28. The average molecular weight is 302 g/mol. The van der Waals surface area contributed by atoms with Crippen molar-refractivity contribution >= 4 is 23.0 Å². The molecular weight excluding hydrogens is 291 g/mol. The molecular formula is C15H11FN2O4. The minimum absolute atomic E-state index is 0.0837. The molecule has 1 unspecified atom stereocenters. The number of carbonyl (C=O) groups is 2. The van der Waals surface area contributed by atoms with Gasteiger partial charge in [-0.05, 0) is 24.1 Å². The number of halogens is 1. The van der Waals surface area contributed by atoms with E-state index in [2.05, 4.69) is 0 Å². The van der Waals surface area contributed by atoms with Gasteiger partial charge in [0, 0.05) is 30.4 Å². The Morgan fingerprint density at radius 2 is 2.09 bits per heavy atom. The van der Waals surface area contributed by atoms with E-state index in [-0.39, 0.29) is 17.7 Å². The fourth-order valence-corrected chi connectivity index (χ4v) is 2.72. The Labute approximate surface area is 124 Å². The van der Waals surface area contributed by atoms with E-state index in [1.165, 1.54) is 11.9 Å². The maximum atomic E-state index is 14.0. The number of nitro benzene ring substituents is 1. The molecule has 1 saturated heterocycles. The molecule has 1 aromatic rings. The van der Waals surface area contributed by atoms with Crippen molar-refractivity contribution in [3.8, 4) is 0 Å². The molecule has 0 radical (unpaired) electrons. The van der Waals surface area contributed by atoms with Crippen LogP contribution in [0.4, 0.5) is 10.1 Å². The zero-order valence-corrected chi connectivity index (χ0v) is 11.6. The summed E-state index contributed by atoms with van der Waals surface area (Å²) in [7, 11) is 1.48.